The molecule has 0 heterocycles. The maximum absolute atomic E-state index is 12.4. The van der Waals surface area contributed by atoms with Gasteiger partial charge in [-0.05, 0) is 42.7 Å². The highest BCUT2D eigenvalue weighted by molar-refractivity contribution is 5.93. The van der Waals surface area contributed by atoms with Crippen molar-refractivity contribution in [1.29, 1.82) is 0 Å². The summed E-state index contributed by atoms with van der Waals surface area (Å²) in [4.78, 5) is 23.0. The Morgan fingerprint density at radius 2 is 1.92 bits per heavy atom. The predicted octanol–water partition coefficient (Wildman–Crippen LogP) is 4.42. The van der Waals surface area contributed by atoms with Crippen molar-refractivity contribution >= 4 is 5.97 Å². The Hall–Kier alpha value is -1.75. The fourth-order valence-electron chi connectivity index (χ4n) is 3.21. The normalized spacial score (nSPS) is 21.6. The van der Waals surface area contributed by atoms with Crippen LogP contribution in [0.15, 0.2) is 18.2 Å². The Morgan fingerprint density at radius 1 is 1.17 bits per heavy atom. The lowest BCUT2D eigenvalue weighted by molar-refractivity contribution is -0.251. The molecule has 0 aliphatic heterocycles. The SMILES string of the molecule is COc1cccc(C(=O)OO[C]2CC(C)CCC2C(C)C)c1OC. The average Bonchev–Trinajstić information content (AvgIpc) is 2.58. The first-order valence-electron chi connectivity index (χ1n) is 8.43. The minimum Gasteiger partial charge on any atom is -0.493 e. The van der Waals surface area contributed by atoms with Gasteiger partial charge in [0.15, 0.2) is 17.6 Å². The van der Waals surface area contributed by atoms with Gasteiger partial charge in [0.1, 0.15) is 5.56 Å². The van der Waals surface area contributed by atoms with E-state index in [1.807, 2.05) is 0 Å². The number of methoxy groups -OCH3 is 2. The van der Waals surface area contributed by atoms with Gasteiger partial charge in [0, 0.05) is 0 Å². The van der Waals surface area contributed by atoms with E-state index in [9.17, 15) is 4.79 Å². The Balaban J connectivity index is 2.07. The monoisotopic (exact) mass is 335 g/mol. The second-order valence-corrected chi connectivity index (χ2v) is 6.70. The molecule has 1 aliphatic carbocycles. The number of para-hydroxylation sites is 1. The quantitative estimate of drug-likeness (QED) is 0.569. The molecule has 0 bridgehead atoms. The molecule has 0 amide bonds. The predicted molar refractivity (Wildman–Crippen MR) is 90.6 cm³/mol. The Kier molecular flexibility index (Phi) is 6.49. The minimum absolute atomic E-state index is 0.280. The zero-order valence-corrected chi connectivity index (χ0v) is 15.1. The highest BCUT2D eigenvalue weighted by Gasteiger charge is 2.34. The van der Waals surface area contributed by atoms with Crippen molar-refractivity contribution in [3.05, 3.63) is 29.9 Å². The Morgan fingerprint density at radius 3 is 2.54 bits per heavy atom. The molecule has 1 aromatic carbocycles. The number of ether oxygens (including phenoxy) is 2. The van der Waals surface area contributed by atoms with Gasteiger partial charge in [0.25, 0.3) is 0 Å². The lowest BCUT2D eigenvalue weighted by atomic mass is 9.75. The lowest BCUT2D eigenvalue weighted by Gasteiger charge is -2.34. The number of hydrogen-bond donors (Lipinski definition) is 0. The molecule has 0 aromatic heterocycles. The molecule has 1 aromatic rings. The molecule has 5 nitrogen and oxygen atoms in total. The zero-order chi connectivity index (χ0) is 17.7. The summed E-state index contributed by atoms with van der Waals surface area (Å²) in [7, 11) is 3.01. The van der Waals surface area contributed by atoms with E-state index in [1.54, 1.807) is 18.2 Å². The lowest BCUT2D eigenvalue weighted by Crippen LogP contribution is -2.28. The summed E-state index contributed by atoms with van der Waals surface area (Å²) in [6.45, 7) is 6.51. The van der Waals surface area contributed by atoms with Gasteiger partial charge in [0.2, 0.25) is 0 Å². The first-order chi connectivity index (χ1) is 11.5. The maximum Gasteiger partial charge on any atom is 0.376 e. The molecule has 0 spiro atoms. The second kappa shape index (κ2) is 8.38. The summed E-state index contributed by atoms with van der Waals surface area (Å²) in [5.41, 5.74) is 0.280. The molecule has 1 saturated carbocycles. The van der Waals surface area contributed by atoms with Crippen molar-refractivity contribution < 1.29 is 24.0 Å². The van der Waals surface area contributed by atoms with E-state index < -0.39 is 5.97 Å². The Labute approximate surface area is 144 Å². The topological polar surface area (TPSA) is 54.0 Å². The third kappa shape index (κ3) is 4.20. The highest BCUT2D eigenvalue weighted by Crippen LogP contribution is 2.40. The molecule has 2 unspecified atom stereocenters. The van der Waals surface area contributed by atoms with Crippen LogP contribution in [-0.4, -0.2) is 20.2 Å². The molecule has 2 atom stereocenters. The van der Waals surface area contributed by atoms with E-state index >= 15 is 0 Å². The molecule has 2 rings (SSSR count). The van der Waals surface area contributed by atoms with E-state index in [0.717, 1.165) is 18.9 Å². The van der Waals surface area contributed by atoms with Gasteiger partial charge in [0.05, 0.1) is 14.2 Å². The van der Waals surface area contributed by atoms with Crippen LogP contribution in [0.4, 0.5) is 0 Å². The van der Waals surface area contributed by atoms with Crippen LogP contribution < -0.4 is 9.47 Å². The summed E-state index contributed by atoms with van der Waals surface area (Å²) in [6, 6.07) is 5.06. The van der Waals surface area contributed by atoms with Crippen molar-refractivity contribution in [2.24, 2.45) is 17.8 Å². The second-order valence-electron chi connectivity index (χ2n) is 6.70. The van der Waals surface area contributed by atoms with Crippen LogP contribution in [-0.2, 0) is 9.78 Å². The van der Waals surface area contributed by atoms with E-state index in [2.05, 4.69) is 20.8 Å². The fourth-order valence-corrected chi connectivity index (χ4v) is 3.21. The number of carbonyl (C=O) groups excluding carboxylic acids is 1. The fraction of sp³-hybridized carbons (Fsp3) is 0.579. The van der Waals surface area contributed by atoms with Crippen molar-refractivity contribution in [3.8, 4) is 11.5 Å². The summed E-state index contributed by atoms with van der Waals surface area (Å²) in [5.74, 6) is 1.56. The van der Waals surface area contributed by atoms with Crippen molar-refractivity contribution in [3.63, 3.8) is 0 Å². The van der Waals surface area contributed by atoms with Gasteiger partial charge >= 0.3 is 5.97 Å². The van der Waals surface area contributed by atoms with E-state index in [0.29, 0.717) is 29.3 Å². The van der Waals surface area contributed by atoms with Gasteiger partial charge < -0.3 is 9.47 Å². The van der Waals surface area contributed by atoms with Gasteiger partial charge in [-0.15, -0.1) is 0 Å². The van der Waals surface area contributed by atoms with Gasteiger partial charge in [-0.25, -0.2) is 4.79 Å². The highest BCUT2D eigenvalue weighted by atomic mass is 17.2. The summed E-state index contributed by atoms with van der Waals surface area (Å²) >= 11 is 0. The van der Waals surface area contributed by atoms with E-state index in [4.69, 9.17) is 19.2 Å². The third-order valence-corrected chi connectivity index (χ3v) is 4.59. The average molecular weight is 335 g/mol. The van der Waals surface area contributed by atoms with Crippen LogP contribution in [0.1, 0.15) is 50.4 Å². The first-order valence-corrected chi connectivity index (χ1v) is 8.43. The smallest absolute Gasteiger partial charge is 0.376 e. The van der Waals surface area contributed by atoms with Gasteiger partial charge in [-0.1, -0.05) is 33.3 Å². The molecule has 0 N–H and O–H groups in total. The number of hydrogen-bond acceptors (Lipinski definition) is 5. The van der Waals surface area contributed by atoms with Gasteiger partial charge in [-0.2, -0.15) is 4.89 Å². The summed E-state index contributed by atoms with van der Waals surface area (Å²) in [6.07, 6.45) is 3.92. The Bertz CT molecular complexity index is 555. The van der Waals surface area contributed by atoms with E-state index in [1.165, 1.54) is 20.6 Å². The largest absolute Gasteiger partial charge is 0.493 e. The molecule has 1 radical (unpaired) electrons. The molecule has 1 aliphatic rings. The molecular formula is C19H27O5. The maximum atomic E-state index is 12.4. The van der Waals surface area contributed by atoms with Crippen molar-refractivity contribution in [2.45, 2.75) is 40.0 Å². The molecule has 1 fully saturated rings. The van der Waals surface area contributed by atoms with Crippen LogP contribution in [0.3, 0.4) is 0 Å². The van der Waals surface area contributed by atoms with Crippen LogP contribution in [0.25, 0.3) is 0 Å². The third-order valence-electron chi connectivity index (χ3n) is 4.59. The molecular weight excluding hydrogens is 308 g/mol. The van der Waals surface area contributed by atoms with Gasteiger partial charge in [-0.3, -0.25) is 4.89 Å². The van der Waals surface area contributed by atoms with Crippen LogP contribution >= 0.6 is 0 Å². The summed E-state index contributed by atoms with van der Waals surface area (Å²) in [5, 5.41) is 0. The van der Waals surface area contributed by atoms with Crippen LogP contribution in [0, 0.1) is 23.9 Å². The van der Waals surface area contributed by atoms with Crippen molar-refractivity contribution in [1.82, 2.24) is 0 Å². The first kappa shape index (κ1) is 18.6. The number of carbonyl (C=O) groups is 1. The standard InChI is InChI=1S/C19H27O5/c1-12(2)14-10-9-13(3)11-17(14)23-24-19(20)15-7-6-8-16(21-4)18(15)22-5/h6-8,12-14H,9-11H2,1-5H3. The molecule has 5 heteroatoms. The molecule has 24 heavy (non-hydrogen) atoms. The summed E-state index contributed by atoms with van der Waals surface area (Å²) < 4.78 is 10.5. The van der Waals surface area contributed by atoms with Crippen LogP contribution in [0.5, 0.6) is 11.5 Å². The molecule has 133 valence electrons. The molecule has 0 saturated heterocycles. The number of benzene rings is 1. The van der Waals surface area contributed by atoms with Crippen LogP contribution in [0.2, 0.25) is 0 Å². The zero-order valence-electron chi connectivity index (χ0n) is 15.1. The van der Waals surface area contributed by atoms with E-state index in [-0.39, 0.29) is 5.56 Å². The number of rotatable bonds is 6. The minimum atomic E-state index is -0.584. The van der Waals surface area contributed by atoms with Crippen molar-refractivity contribution in [2.75, 3.05) is 14.2 Å².